The van der Waals surface area contributed by atoms with Crippen molar-refractivity contribution in [3.63, 3.8) is 0 Å². The van der Waals surface area contributed by atoms with E-state index in [1.807, 2.05) is 20.8 Å². The van der Waals surface area contributed by atoms with E-state index in [9.17, 15) is 4.79 Å². The van der Waals surface area contributed by atoms with Crippen LogP contribution in [0.3, 0.4) is 0 Å². The third-order valence-corrected chi connectivity index (χ3v) is 1.91. The molecule has 0 aliphatic heterocycles. The molecule has 0 unspecified atom stereocenters. The number of rotatable bonds is 6. The molecule has 0 spiro atoms. The fourth-order valence-corrected chi connectivity index (χ4v) is 0.894. The first-order valence-electron chi connectivity index (χ1n) is 5.42. The van der Waals surface area contributed by atoms with Gasteiger partial charge in [0.15, 0.2) is 0 Å². The molecule has 0 heterocycles. The van der Waals surface area contributed by atoms with Gasteiger partial charge >= 0.3 is 5.97 Å². The molecule has 0 rings (SSSR count). The maximum atomic E-state index is 11.3. The van der Waals surface area contributed by atoms with Crippen molar-refractivity contribution in [2.75, 3.05) is 6.54 Å². The Morgan fingerprint density at radius 2 is 1.80 bits per heavy atom. The van der Waals surface area contributed by atoms with E-state index in [1.165, 1.54) is 19.3 Å². The fraction of sp³-hybridized carbons (Fsp3) is 0.909. The number of carbonyl (C=O) groups is 1. The van der Waals surface area contributed by atoms with Gasteiger partial charge in [0, 0.05) is 6.54 Å². The smallest absolute Gasteiger partial charge is 0.329 e. The van der Waals surface area contributed by atoms with E-state index in [2.05, 4.69) is 12.4 Å². The minimum absolute atomic E-state index is 0. The highest BCUT2D eigenvalue weighted by Gasteiger charge is 2.23. The first-order valence-corrected chi connectivity index (χ1v) is 5.42. The first kappa shape index (κ1) is 16.8. The molecule has 0 aliphatic rings. The maximum absolute atomic E-state index is 11.3. The highest BCUT2D eigenvalue weighted by atomic mass is 16.7. The summed E-state index contributed by atoms with van der Waals surface area (Å²) in [6.45, 7) is 8.45. The van der Waals surface area contributed by atoms with E-state index in [0.717, 1.165) is 13.0 Å². The second-order valence-corrected chi connectivity index (χ2v) is 4.59. The molecule has 15 heavy (non-hydrogen) atoms. The minimum atomic E-state index is -0.420. The van der Waals surface area contributed by atoms with Crippen LogP contribution < -0.4 is 11.6 Å². The summed E-state index contributed by atoms with van der Waals surface area (Å²) in [5, 5.41) is 0. The van der Waals surface area contributed by atoms with E-state index in [-0.39, 0.29) is 12.1 Å². The molecule has 0 aromatic carbocycles. The minimum Gasteiger partial charge on any atom is -0.370 e. The molecule has 0 saturated carbocycles. The van der Waals surface area contributed by atoms with Gasteiger partial charge in [-0.1, -0.05) is 26.2 Å². The van der Waals surface area contributed by atoms with Crippen LogP contribution in [0.5, 0.6) is 0 Å². The van der Waals surface area contributed by atoms with Crippen LogP contribution in [0.15, 0.2) is 0 Å². The number of unbranched alkanes of at least 4 members (excludes halogenated alkanes) is 3. The van der Waals surface area contributed by atoms with Crippen molar-refractivity contribution >= 4 is 5.97 Å². The zero-order chi connectivity index (χ0) is 11.0. The summed E-state index contributed by atoms with van der Waals surface area (Å²) in [5.41, 5.74) is 2.28. The molecule has 0 aromatic rings. The normalized spacial score (nSPS) is 10.7. The molecule has 0 aliphatic carbocycles. The molecular formula is C11H26N2O2. The van der Waals surface area contributed by atoms with Crippen LogP contribution in [0.4, 0.5) is 0 Å². The van der Waals surface area contributed by atoms with Gasteiger partial charge in [-0.15, -0.1) is 0 Å². The van der Waals surface area contributed by atoms with E-state index >= 15 is 0 Å². The van der Waals surface area contributed by atoms with Gasteiger partial charge in [-0.3, -0.25) is 0 Å². The first-order chi connectivity index (χ1) is 6.48. The summed E-state index contributed by atoms with van der Waals surface area (Å²) in [4.78, 5) is 16.2. The van der Waals surface area contributed by atoms with Crippen LogP contribution in [0.2, 0.25) is 0 Å². The van der Waals surface area contributed by atoms with Crippen molar-refractivity contribution < 1.29 is 9.63 Å². The summed E-state index contributed by atoms with van der Waals surface area (Å²) in [7, 11) is 0. The third kappa shape index (κ3) is 9.69. The second kappa shape index (κ2) is 8.68. The Morgan fingerprint density at radius 1 is 1.20 bits per heavy atom. The van der Waals surface area contributed by atoms with Gasteiger partial charge in [-0.25, -0.2) is 4.79 Å². The summed E-state index contributed by atoms with van der Waals surface area (Å²) >= 11 is 0. The molecule has 0 radical (unpaired) electrons. The zero-order valence-electron chi connectivity index (χ0n) is 10.6. The Bertz CT molecular complexity index is 164. The van der Waals surface area contributed by atoms with Crippen molar-refractivity contribution in [1.82, 2.24) is 11.6 Å². The van der Waals surface area contributed by atoms with Gasteiger partial charge < -0.3 is 11.0 Å². The van der Waals surface area contributed by atoms with Crippen LogP contribution in [0.1, 0.15) is 53.4 Å². The molecule has 0 amide bonds. The summed E-state index contributed by atoms with van der Waals surface area (Å²) < 4.78 is 0. The van der Waals surface area contributed by atoms with Crippen LogP contribution in [-0.4, -0.2) is 12.5 Å². The quantitative estimate of drug-likeness (QED) is 0.531. The molecule has 0 saturated heterocycles. The number of hydrogen-bond acceptors (Lipinski definition) is 4. The number of hydrogen-bond donors (Lipinski definition) is 2. The SMILES string of the molecule is CCCCCCNOC(=O)C(C)(C)C.N. The largest absolute Gasteiger partial charge is 0.370 e. The average Bonchev–Trinajstić information content (AvgIpc) is 2.09. The Labute approximate surface area is 93.3 Å². The van der Waals surface area contributed by atoms with E-state index in [0.29, 0.717) is 0 Å². The molecule has 4 heteroatoms. The molecule has 92 valence electrons. The summed E-state index contributed by atoms with van der Waals surface area (Å²) in [6, 6.07) is 0. The van der Waals surface area contributed by atoms with Crippen LogP contribution in [0, 0.1) is 5.41 Å². The fourth-order valence-electron chi connectivity index (χ4n) is 0.894. The number of nitrogens with one attached hydrogen (secondary N) is 1. The van der Waals surface area contributed by atoms with Gasteiger partial charge in [0.05, 0.1) is 5.41 Å². The Hall–Kier alpha value is -0.610. The topological polar surface area (TPSA) is 73.3 Å². The van der Waals surface area contributed by atoms with Crippen molar-refractivity contribution in [2.45, 2.75) is 53.4 Å². The molecule has 4 N–H and O–H groups in total. The average molecular weight is 218 g/mol. The highest BCUT2D eigenvalue weighted by molar-refractivity contribution is 5.75. The van der Waals surface area contributed by atoms with Crippen LogP contribution in [0.25, 0.3) is 0 Å². The van der Waals surface area contributed by atoms with Gasteiger partial charge in [-0.2, -0.15) is 5.48 Å². The lowest BCUT2D eigenvalue weighted by molar-refractivity contribution is -0.160. The molecular weight excluding hydrogens is 192 g/mol. The van der Waals surface area contributed by atoms with Crippen molar-refractivity contribution in [2.24, 2.45) is 5.41 Å². The lowest BCUT2D eigenvalue weighted by atomic mass is 9.98. The van der Waals surface area contributed by atoms with E-state index in [1.54, 1.807) is 0 Å². The van der Waals surface area contributed by atoms with Crippen LogP contribution >= 0.6 is 0 Å². The predicted octanol–water partition coefficient (Wildman–Crippen LogP) is 2.82. The van der Waals surface area contributed by atoms with Gasteiger partial charge in [0.2, 0.25) is 0 Å². The molecule has 0 atom stereocenters. The predicted molar refractivity (Wildman–Crippen MR) is 62.7 cm³/mol. The summed E-state index contributed by atoms with van der Waals surface area (Å²) in [6.07, 6.45) is 4.72. The van der Waals surface area contributed by atoms with Crippen molar-refractivity contribution in [3.05, 3.63) is 0 Å². The van der Waals surface area contributed by atoms with Gasteiger partial charge in [0.25, 0.3) is 0 Å². The lowest BCUT2D eigenvalue weighted by Crippen LogP contribution is -2.30. The second-order valence-electron chi connectivity index (χ2n) is 4.59. The maximum Gasteiger partial charge on any atom is 0.329 e. The van der Waals surface area contributed by atoms with Crippen molar-refractivity contribution in [3.8, 4) is 0 Å². The monoisotopic (exact) mass is 218 g/mol. The van der Waals surface area contributed by atoms with Crippen molar-refractivity contribution in [1.29, 1.82) is 0 Å². The van der Waals surface area contributed by atoms with E-state index in [4.69, 9.17) is 4.84 Å². The standard InChI is InChI=1S/C11H23NO2.H3N/c1-5-6-7-8-9-12-14-10(13)11(2,3)4;/h12H,5-9H2,1-4H3;1H3. The third-order valence-electron chi connectivity index (χ3n) is 1.91. The van der Waals surface area contributed by atoms with Gasteiger partial charge in [-0.05, 0) is 27.2 Å². The molecule has 0 aromatic heterocycles. The molecule has 4 nitrogen and oxygen atoms in total. The lowest BCUT2D eigenvalue weighted by Gasteiger charge is -2.16. The Kier molecular flexibility index (Phi) is 9.72. The highest BCUT2D eigenvalue weighted by Crippen LogP contribution is 2.13. The molecule has 0 bridgehead atoms. The number of carbonyl (C=O) groups excluding carboxylic acids is 1. The number of hydroxylamine groups is 1. The Morgan fingerprint density at radius 3 is 2.27 bits per heavy atom. The van der Waals surface area contributed by atoms with Crippen LogP contribution in [-0.2, 0) is 9.63 Å². The zero-order valence-corrected chi connectivity index (χ0v) is 10.6. The summed E-state index contributed by atoms with van der Waals surface area (Å²) in [5.74, 6) is -0.201. The Balaban J connectivity index is 0. The van der Waals surface area contributed by atoms with Gasteiger partial charge in [0.1, 0.15) is 0 Å². The van der Waals surface area contributed by atoms with E-state index < -0.39 is 5.41 Å². The molecule has 0 fully saturated rings.